The molecule has 3 rings (SSSR count). The van der Waals surface area contributed by atoms with Gasteiger partial charge in [-0.1, -0.05) is 24.3 Å². The maximum atomic E-state index is 11.1. The van der Waals surface area contributed by atoms with Crippen LogP contribution in [0.5, 0.6) is 11.5 Å². The number of hydrogen-bond donors (Lipinski definition) is 1. The van der Waals surface area contributed by atoms with Gasteiger partial charge in [0.25, 0.3) is 0 Å². The molecule has 0 spiro atoms. The Morgan fingerprint density at radius 3 is 2.23 bits per heavy atom. The van der Waals surface area contributed by atoms with E-state index < -0.39 is 22.2 Å². The number of epoxide rings is 1. The zero-order chi connectivity index (χ0) is 18.7. The summed E-state index contributed by atoms with van der Waals surface area (Å²) in [5.41, 5.74) is 1.80. The lowest BCUT2D eigenvalue weighted by atomic mass is 10.1. The second-order valence-corrected chi connectivity index (χ2v) is 7.49. The van der Waals surface area contributed by atoms with E-state index in [2.05, 4.69) is 0 Å². The summed E-state index contributed by atoms with van der Waals surface area (Å²) in [5, 5.41) is 8.85. The first-order chi connectivity index (χ1) is 12.3. The van der Waals surface area contributed by atoms with Gasteiger partial charge in [-0.15, -0.1) is 0 Å². The lowest BCUT2D eigenvalue weighted by molar-refractivity contribution is -0.138. The van der Waals surface area contributed by atoms with Crippen molar-refractivity contribution in [3.63, 3.8) is 0 Å². The fourth-order valence-corrected chi connectivity index (χ4v) is 2.94. The molecule has 0 amide bonds. The van der Waals surface area contributed by atoms with Crippen molar-refractivity contribution in [2.75, 3.05) is 12.9 Å². The van der Waals surface area contributed by atoms with Gasteiger partial charge in [0.05, 0.1) is 12.9 Å². The van der Waals surface area contributed by atoms with Gasteiger partial charge in [0, 0.05) is 6.42 Å². The molecule has 2 atom stereocenters. The van der Waals surface area contributed by atoms with Crippen molar-refractivity contribution < 1.29 is 32.0 Å². The molecule has 7 nitrogen and oxygen atoms in total. The Balaban J connectivity index is 1.47. The average Bonchev–Trinajstić information content (AvgIpc) is 3.37. The van der Waals surface area contributed by atoms with Crippen LogP contribution in [0.2, 0.25) is 0 Å². The van der Waals surface area contributed by atoms with Crippen LogP contribution < -0.4 is 8.92 Å². The van der Waals surface area contributed by atoms with Gasteiger partial charge < -0.3 is 18.8 Å². The quantitative estimate of drug-likeness (QED) is 0.555. The monoisotopic (exact) mass is 378 g/mol. The van der Waals surface area contributed by atoms with E-state index in [1.807, 2.05) is 0 Å². The summed E-state index contributed by atoms with van der Waals surface area (Å²) in [4.78, 5) is 10.8. The molecular weight excluding hydrogens is 360 g/mol. The number of benzene rings is 2. The normalized spacial score (nSPS) is 19.0. The van der Waals surface area contributed by atoms with Crippen molar-refractivity contribution in [3.8, 4) is 11.5 Å². The van der Waals surface area contributed by atoms with Gasteiger partial charge in [-0.25, -0.2) is 4.79 Å². The minimum absolute atomic E-state index is 0.273. The summed E-state index contributed by atoms with van der Waals surface area (Å²) >= 11 is 0. The summed E-state index contributed by atoms with van der Waals surface area (Å²) in [6, 6.07) is 13.9. The molecule has 2 aromatic carbocycles. The number of hydrogen-bond acceptors (Lipinski definition) is 6. The SMILES string of the molecule is CS(=O)(=O)Oc1ccc(CCOc2ccc(C3OC3C(=O)O)cc2)cc1. The van der Waals surface area contributed by atoms with Gasteiger partial charge in [-0.05, 0) is 35.4 Å². The van der Waals surface area contributed by atoms with E-state index in [1.54, 1.807) is 48.5 Å². The summed E-state index contributed by atoms with van der Waals surface area (Å²) < 4.78 is 37.7. The number of carboxylic acid groups (broad SMARTS) is 1. The molecule has 1 N–H and O–H groups in total. The summed E-state index contributed by atoms with van der Waals surface area (Å²) in [6.45, 7) is 0.448. The molecule has 1 fully saturated rings. The smallest absolute Gasteiger partial charge is 0.335 e. The number of rotatable bonds is 8. The van der Waals surface area contributed by atoms with Crippen LogP contribution in [0.1, 0.15) is 17.2 Å². The van der Waals surface area contributed by atoms with Crippen LogP contribution in [0.3, 0.4) is 0 Å². The number of carbonyl (C=O) groups is 1. The van der Waals surface area contributed by atoms with Crippen molar-refractivity contribution in [1.29, 1.82) is 0 Å². The third kappa shape index (κ3) is 4.96. The number of ether oxygens (including phenoxy) is 2. The Kier molecular flexibility index (Phi) is 5.15. The molecular formula is C18H18O7S. The highest BCUT2D eigenvalue weighted by atomic mass is 32.2. The van der Waals surface area contributed by atoms with Crippen LogP contribution in [0.25, 0.3) is 0 Å². The van der Waals surface area contributed by atoms with E-state index in [-0.39, 0.29) is 11.9 Å². The van der Waals surface area contributed by atoms with Gasteiger partial charge in [0.2, 0.25) is 0 Å². The van der Waals surface area contributed by atoms with Crippen molar-refractivity contribution in [2.45, 2.75) is 18.6 Å². The van der Waals surface area contributed by atoms with Crippen LogP contribution in [-0.4, -0.2) is 38.5 Å². The van der Waals surface area contributed by atoms with Crippen LogP contribution in [-0.2, 0) is 26.1 Å². The lowest BCUT2D eigenvalue weighted by Gasteiger charge is -2.08. The third-order valence-corrected chi connectivity index (χ3v) is 4.27. The second-order valence-electron chi connectivity index (χ2n) is 5.91. The fraction of sp³-hybridized carbons (Fsp3) is 0.278. The molecule has 0 aromatic heterocycles. The third-order valence-electron chi connectivity index (χ3n) is 3.77. The molecule has 2 unspecified atom stereocenters. The summed E-state index contributed by atoms with van der Waals surface area (Å²) in [5.74, 6) is -0.00342. The highest BCUT2D eigenvalue weighted by Crippen LogP contribution is 2.39. The summed E-state index contributed by atoms with van der Waals surface area (Å²) in [7, 11) is -3.52. The molecule has 2 aromatic rings. The minimum Gasteiger partial charge on any atom is -0.493 e. The average molecular weight is 378 g/mol. The van der Waals surface area contributed by atoms with Crippen molar-refractivity contribution in [1.82, 2.24) is 0 Å². The summed E-state index contributed by atoms with van der Waals surface area (Å²) in [6.07, 6.45) is 0.510. The largest absolute Gasteiger partial charge is 0.493 e. The predicted octanol–water partition coefficient (Wildman–Crippen LogP) is 2.17. The second kappa shape index (κ2) is 7.35. The van der Waals surface area contributed by atoms with E-state index >= 15 is 0 Å². The van der Waals surface area contributed by atoms with Crippen LogP contribution >= 0.6 is 0 Å². The molecule has 0 radical (unpaired) electrons. The zero-order valence-electron chi connectivity index (χ0n) is 14.0. The van der Waals surface area contributed by atoms with Gasteiger partial charge >= 0.3 is 16.1 Å². The Morgan fingerprint density at radius 2 is 1.69 bits per heavy atom. The molecule has 0 saturated carbocycles. The van der Waals surface area contributed by atoms with Crippen LogP contribution in [0.4, 0.5) is 0 Å². The van der Waals surface area contributed by atoms with Crippen molar-refractivity contribution in [3.05, 3.63) is 59.7 Å². The maximum Gasteiger partial charge on any atom is 0.335 e. The van der Waals surface area contributed by atoms with Gasteiger partial charge in [-0.3, -0.25) is 0 Å². The van der Waals surface area contributed by atoms with E-state index in [0.717, 1.165) is 17.4 Å². The molecule has 8 heteroatoms. The predicted molar refractivity (Wildman–Crippen MR) is 92.8 cm³/mol. The first kappa shape index (κ1) is 18.2. The topological polar surface area (TPSA) is 102 Å². The molecule has 1 aliphatic rings. The highest BCUT2D eigenvalue weighted by molar-refractivity contribution is 7.86. The zero-order valence-corrected chi connectivity index (χ0v) is 14.8. The van der Waals surface area contributed by atoms with Gasteiger partial charge in [0.15, 0.2) is 6.10 Å². The number of carboxylic acids is 1. The van der Waals surface area contributed by atoms with E-state index in [0.29, 0.717) is 18.8 Å². The van der Waals surface area contributed by atoms with Crippen molar-refractivity contribution >= 4 is 16.1 Å². The minimum atomic E-state index is -3.52. The maximum absolute atomic E-state index is 11.1. The van der Waals surface area contributed by atoms with Crippen LogP contribution in [0.15, 0.2) is 48.5 Å². The lowest BCUT2D eigenvalue weighted by Crippen LogP contribution is -2.06. The molecule has 1 aliphatic heterocycles. The number of aliphatic carboxylic acids is 1. The van der Waals surface area contributed by atoms with Gasteiger partial charge in [-0.2, -0.15) is 8.42 Å². The molecule has 0 bridgehead atoms. The molecule has 1 heterocycles. The van der Waals surface area contributed by atoms with Crippen LogP contribution in [0, 0.1) is 0 Å². The standard InChI is InChI=1S/C18H18O7S/c1-26(21,22)25-15-6-2-12(3-7-15)10-11-23-14-8-4-13(5-9-14)16-17(24-16)18(19)20/h2-9,16-17H,10-11H2,1H3,(H,19,20). The van der Waals surface area contributed by atoms with Crippen molar-refractivity contribution in [2.24, 2.45) is 0 Å². The van der Waals surface area contributed by atoms with E-state index in [1.165, 1.54) is 0 Å². The Bertz CT molecular complexity index is 873. The molecule has 26 heavy (non-hydrogen) atoms. The van der Waals surface area contributed by atoms with Gasteiger partial charge in [0.1, 0.15) is 17.6 Å². The molecule has 1 saturated heterocycles. The Hall–Kier alpha value is -2.58. The molecule has 0 aliphatic carbocycles. The Labute approximate surface area is 151 Å². The Morgan fingerprint density at radius 1 is 1.08 bits per heavy atom. The first-order valence-corrected chi connectivity index (χ1v) is 9.73. The van der Waals surface area contributed by atoms with E-state index in [9.17, 15) is 13.2 Å². The first-order valence-electron chi connectivity index (χ1n) is 7.91. The van der Waals surface area contributed by atoms with E-state index in [4.69, 9.17) is 18.8 Å². The molecule has 138 valence electrons. The fourth-order valence-electron chi connectivity index (χ4n) is 2.48. The highest BCUT2D eigenvalue weighted by Gasteiger charge is 2.46.